The van der Waals surface area contributed by atoms with Gasteiger partial charge in [-0.05, 0) is 18.2 Å². The topological polar surface area (TPSA) is 53.1 Å². The van der Waals surface area contributed by atoms with Crippen molar-refractivity contribution in [1.82, 2.24) is 9.55 Å². The zero-order chi connectivity index (χ0) is 15.1. The number of imidazole rings is 1. The van der Waals surface area contributed by atoms with Gasteiger partial charge in [-0.1, -0.05) is 15.9 Å². The molecule has 0 bridgehead atoms. The maximum atomic E-state index is 14.1. The summed E-state index contributed by atoms with van der Waals surface area (Å²) in [5, 5.41) is 0. The summed E-state index contributed by atoms with van der Waals surface area (Å²) in [5.41, 5.74) is 6.86. The third-order valence-electron chi connectivity index (χ3n) is 3.10. The fourth-order valence-corrected chi connectivity index (χ4v) is 2.50. The van der Waals surface area contributed by atoms with E-state index in [2.05, 4.69) is 20.9 Å². The highest BCUT2D eigenvalue weighted by Gasteiger charge is 2.16. The molecule has 0 aliphatic heterocycles. The lowest BCUT2D eigenvalue weighted by atomic mass is 10.2. The lowest BCUT2D eigenvalue weighted by Crippen LogP contribution is -2.03. The molecule has 0 spiro atoms. The molecule has 1 heterocycles. The van der Waals surface area contributed by atoms with E-state index in [9.17, 15) is 8.78 Å². The molecule has 2 aromatic carbocycles. The van der Waals surface area contributed by atoms with E-state index in [1.165, 1.54) is 29.9 Å². The van der Waals surface area contributed by atoms with E-state index in [0.29, 0.717) is 15.5 Å². The standard InChI is InChI=1S/C14H10BrF2N3O/c1-21-13-6-12-10(5-9(13)17)19-14(18)20(12)11-3-2-7(15)4-8(11)16/h2-6H,1H3,(H2,18,19). The van der Waals surface area contributed by atoms with E-state index in [4.69, 9.17) is 10.5 Å². The summed E-state index contributed by atoms with van der Waals surface area (Å²) in [6, 6.07) is 7.21. The average Bonchev–Trinajstić information content (AvgIpc) is 2.73. The number of rotatable bonds is 2. The van der Waals surface area contributed by atoms with Crippen LogP contribution >= 0.6 is 15.9 Å². The number of aromatic nitrogens is 2. The van der Waals surface area contributed by atoms with Crippen LogP contribution < -0.4 is 10.5 Å². The predicted molar refractivity (Wildman–Crippen MR) is 79.7 cm³/mol. The van der Waals surface area contributed by atoms with Gasteiger partial charge in [-0.15, -0.1) is 0 Å². The summed E-state index contributed by atoms with van der Waals surface area (Å²) in [4.78, 5) is 4.06. The summed E-state index contributed by atoms with van der Waals surface area (Å²) in [6.07, 6.45) is 0. The Labute approximate surface area is 127 Å². The molecule has 7 heteroatoms. The van der Waals surface area contributed by atoms with Crippen LogP contribution in [0.3, 0.4) is 0 Å². The van der Waals surface area contributed by atoms with E-state index in [-0.39, 0.29) is 17.4 Å². The SMILES string of the molecule is COc1cc2c(cc1F)nc(N)n2-c1ccc(Br)cc1F. The first kappa shape index (κ1) is 13.8. The van der Waals surface area contributed by atoms with E-state index >= 15 is 0 Å². The second kappa shape index (κ2) is 5.00. The first-order chi connectivity index (χ1) is 10.0. The van der Waals surface area contributed by atoms with Crippen molar-refractivity contribution >= 4 is 32.9 Å². The lowest BCUT2D eigenvalue weighted by molar-refractivity contribution is 0.387. The molecule has 0 unspecified atom stereocenters. The molecule has 0 atom stereocenters. The van der Waals surface area contributed by atoms with Crippen molar-refractivity contribution in [1.29, 1.82) is 0 Å². The van der Waals surface area contributed by atoms with Crippen LogP contribution in [0, 0.1) is 11.6 Å². The number of benzene rings is 2. The van der Waals surface area contributed by atoms with Crippen molar-refractivity contribution < 1.29 is 13.5 Å². The van der Waals surface area contributed by atoms with Crippen molar-refractivity contribution in [3.8, 4) is 11.4 Å². The number of hydrogen-bond acceptors (Lipinski definition) is 3. The number of halogens is 3. The highest BCUT2D eigenvalue weighted by Crippen LogP contribution is 2.30. The Kier molecular flexibility index (Phi) is 3.29. The summed E-state index contributed by atoms with van der Waals surface area (Å²) < 4.78 is 34.8. The van der Waals surface area contributed by atoms with Crippen LogP contribution in [0.25, 0.3) is 16.7 Å². The lowest BCUT2D eigenvalue weighted by Gasteiger charge is -2.09. The Bertz CT molecular complexity index is 848. The molecule has 0 saturated carbocycles. The third kappa shape index (κ3) is 2.23. The van der Waals surface area contributed by atoms with Gasteiger partial charge in [0.05, 0.1) is 23.8 Å². The molecule has 1 aromatic heterocycles. The monoisotopic (exact) mass is 353 g/mol. The van der Waals surface area contributed by atoms with Crippen LogP contribution in [0.5, 0.6) is 5.75 Å². The molecule has 0 radical (unpaired) electrons. The van der Waals surface area contributed by atoms with E-state index in [1.807, 2.05) is 0 Å². The van der Waals surface area contributed by atoms with Crippen molar-refractivity contribution in [3.63, 3.8) is 0 Å². The van der Waals surface area contributed by atoms with E-state index in [1.54, 1.807) is 12.1 Å². The molecule has 21 heavy (non-hydrogen) atoms. The number of nitrogen functional groups attached to an aromatic ring is 1. The van der Waals surface area contributed by atoms with Gasteiger partial charge in [0.15, 0.2) is 11.6 Å². The summed E-state index contributed by atoms with van der Waals surface area (Å²) in [6.45, 7) is 0. The van der Waals surface area contributed by atoms with Gasteiger partial charge < -0.3 is 10.5 Å². The molecule has 0 aliphatic rings. The second-order valence-electron chi connectivity index (χ2n) is 4.38. The smallest absolute Gasteiger partial charge is 0.206 e. The van der Waals surface area contributed by atoms with Gasteiger partial charge in [0.1, 0.15) is 5.82 Å². The number of ether oxygens (including phenoxy) is 1. The number of anilines is 1. The number of nitrogens with two attached hydrogens (primary N) is 1. The Morgan fingerprint density at radius 3 is 2.62 bits per heavy atom. The Morgan fingerprint density at radius 1 is 1.19 bits per heavy atom. The second-order valence-corrected chi connectivity index (χ2v) is 5.29. The Morgan fingerprint density at radius 2 is 1.95 bits per heavy atom. The van der Waals surface area contributed by atoms with Crippen LogP contribution in [0.4, 0.5) is 14.7 Å². The van der Waals surface area contributed by atoms with Gasteiger partial charge in [-0.3, -0.25) is 4.57 Å². The van der Waals surface area contributed by atoms with Crippen molar-refractivity contribution in [2.24, 2.45) is 0 Å². The van der Waals surface area contributed by atoms with Crippen molar-refractivity contribution in [2.75, 3.05) is 12.8 Å². The molecule has 3 aromatic rings. The molecule has 3 rings (SSSR count). The number of nitrogens with zero attached hydrogens (tertiary/aromatic N) is 2. The maximum absolute atomic E-state index is 14.1. The predicted octanol–water partition coefficient (Wildman–Crippen LogP) is 3.66. The summed E-state index contributed by atoms with van der Waals surface area (Å²) in [5.74, 6) is -0.912. The minimum absolute atomic E-state index is 0.0427. The van der Waals surface area contributed by atoms with Gasteiger partial charge in [0.2, 0.25) is 5.95 Å². The van der Waals surface area contributed by atoms with Gasteiger partial charge >= 0.3 is 0 Å². The van der Waals surface area contributed by atoms with E-state index in [0.717, 1.165) is 0 Å². The molecule has 108 valence electrons. The first-order valence-electron chi connectivity index (χ1n) is 5.98. The van der Waals surface area contributed by atoms with Gasteiger partial charge in [-0.2, -0.15) is 0 Å². The molecule has 0 fully saturated rings. The zero-order valence-electron chi connectivity index (χ0n) is 10.9. The number of methoxy groups -OCH3 is 1. The number of fused-ring (bicyclic) bond motifs is 1. The molecule has 2 N–H and O–H groups in total. The zero-order valence-corrected chi connectivity index (χ0v) is 12.5. The average molecular weight is 354 g/mol. The van der Waals surface area contributed by atoms with Crippen molar-refractivity contribution in [2.45, 2.75) is 0 Å². The quantitative estimate of drug-likeness (QED) is 0.764. The summed E-state index contributed by atoms with van der Waals surface area (Å²) in [7, 11) is 1.36. The molecular weight excluding hydrogens is 344 g/mol. The van der Waals surface area contributed by atoms with Crippen LogP contribution in [0.2, 0.25) is 0 Å². The van der Waals surface area contributed by atoms with E-state index < -0.39 is 11.6 Å². The first-order valence-corrected chi connectivity index (χ1v) is 6.77. The largest absolute Gasteiger partial charge is 0.494 e. The van der Waals surface area contributed by atoms with Crippen LogP contribution in [0.1, 0.15) is 0 Å². The van der Waals surface area contributed by atoms with Crippen LogP contribution in [0.15, 0.2) is 34.8 Å². The molecule has 0 aliphatic carbocycles. The van der Waals surface area contributed by atoms with Crippen LogP contribution in [-0.2, 0) is 0 Å². The van der Waals surface area contributed by atoms with Gasteiger partial charge in [-0.25, -0.2) is 13.8 Å². The van der Waals surface area contributed by atoms with Crippen molar-refractivity contribution in [3.05, 3.63) is 46.4 Å². The minimum Gasteiger partial charge on any atom is -0.494 e. The Hall–Kier alpha value is -2.15. The molecule has 4 nitrogen and oxygen atoms in total. The highest BCUT2D eigenvalue weighted by molar-refractivity contribution is 9.10. The minimum atomic E-state index is -0.550. The Balaban J connectivity index is 2.33. The maximum Gasteiger partial charge on any atom is 0.206 e. The van der Waals surface area contributed by atoms with Gasteiger partial charge in [0.25, 0.3) is 0 Å². The number of hydrogen-bond donors (Lipinski definition) is 1. The molecule has 0 saturated heterocycles. The third-order valence-corrected chi connectivity index (χ3v) is 3.60. The fraction of sp³-hybridized carbons (Fsp3) is 0.0714. The normalized spacial score (nSPS) is 11.0. The van der Waals surface area contributed by atoms with Crippen LogP contribution in [-0.4, -0.2) is 16.7 Å². The fourth-order valence-electron chi connectivity index (χ4n) is 2.17. The molecular formula is C14H10BrF2N3O. The van der Waals surface area contributed by atoms with Gasteiger partial charge in [0, 0.05) is 16.6 Å². The summed E-state index contributed by atoms with van der Waals surface area (Å²) >= 11 is 3.19. The molecule has 0 amide bonds. The highest BCUT2D eigenvalue weighted by atomic mass is 79.9.